The average Bonchev–Trinajstić information content (AvgIpc) is 2.74. The molecule has 0 saturated carbocycles. The van der Waals surface area contributed by atoms with Crippen molar-refractivity contribution in [1.82, 2.24) is 0 Å². The second-order valence-corrected chi connectivity index (χ2v) is 7.66. The van der Waals surface area contributed by atoms with Gasteiger partial charge in [-0.3, -0.25) is 14.6 Å². The highest BCUT2D eigenvalue weighted by Crippen LogP contribution is 2.43. The highest BCUT2D eigenvalue weighted by atomic mass is 16.5. The standard InChI is InChI=1S/C25H25NO3/c1-17-22(25(28)29-16-15-18-9-4-2-5-10-18)23(19-11-6-3-7-12-19)24-20(26-17)13-8-14-21(24)27/h2-7,9-12,22-23H,8,13-16H2,1H3/t22?,23-/m1/s1. The fourth-order valence-electron chi connectivity index (χ4n) is 4.34. The fraction of sp³-hybridized carbons (Fsp3) is 0.320. The number of hydrogen-bond acceptors (Lipinski definition) is 4. The van der Waals surface area contributed by atoms with Crippen LogP contribution in [0.4, 0.5) is 0 Å². The Hall–Kier alpha value is -3.01. The van der Waals surface area contributed by atoms with Crippen molar-refractivity contribution in [2.45, 2.75) is 38.5 Å². The number of esters is 1. The van der Waals surface area contributed by atoms with Crippen LogP contribution >= 0.6 is 0 Å². The zero-order valence-electron chi connectivity index (χ0n) is 16.6. The molecule has 2 aliphatic rings. The van der Waals surface area contributed by atoms with Crippen molar-refractivity contribution in [3.63, 3.8) is 0 Å². The lowest BCUT2D eigenvalue weighted by molar-refractivity contribution is -0.146. The van der Waals surface area contributed by atoms with E-state index < -0.39 is 5.92 Å². The summed E-state index contributed by atoms with van der Waals surface area (Å²) in [5, 5.41) is 0. The van der Waals surface area contributed by atoms with Crippen LogP contribution in [-0.4, -0.2) is 24.1 Å². The maximum Gasteiger partial charge on any atom is 0.315 e. The van der Waals surface area contributed by atoms with Crippen LogP contribution in [0.25, 0.3) is 0 Å². The van der Waals surface area contributed by atoms with Gasteiger partial charge in [0.15, 0.2) is 5.78 Å². The minimum absolute atomic E-state index is 0.110. The zero-order valence-corrected chi connectivity index (χ0v) is 16.6. The summed E-state index contributed by atoms with van der Waals surface area (Å²) in [7, 11) is 0. The van der Waals surface area contributed by atoms with E-state index in [9.17, 15) is 9.59 Å². The molecule has 0 bridgehead atoms. The third kappa shape index (κ3) is 4.07. The molecule has 4 nitrogen and oxygen atoms in total. The first kappa shape index (κ1) is 19.3. The highest BCUT2D eigenvalue weighted by Gasteiger charge is 2.42. The number of carbonyl (C=O) groups is 2. The van der Waals surface area contributed by atoms with Crippen molar-refractivity contribution >= 4 is 17.5 Å². The molecule has 148 valence electrons. The molecule has 2 aromatic carbocycles. The van der Waals surface area contributed by atoms with E-state index in [0.29, 0.717) is 25.0 Å². The predicted octanol–water partition coefficient (Wildman–Crippen LogP) is 4.65. The molecule has 4 rings (SSSR count). The highest BCUT2D eigenvalue weighted by molar-refractivity contribution is 6.08. The second kappa shape index (κ2) is 8.56. The van der Waals surface area contributed by atoms with Gasteiger partial charge in [0, 0.05) is 35.7 Å². The van der Waals surface area contributed by atoms with E-state index in [0.717, 1.165) is 35.4 Å². The Bertz CT molecular complexity index is 960. The average molecular weight is 387 g/mol. The van der Waals surface area contributed by atoms with E-state index in [1.807, 2.05) is 67.6 Å². The topological polar surface area (TPSA) is 55.7 Å². The van der Waals surface area contributed by atoms with Crippen LogP contribution in [0.15, 0.2) is 76.9 Å². The first-order valence-corrected chi connectivity index (χ1v) is 10.2. The summed E-state index contributed by atoms with van der Waals surface area (Å²) in [5.74, 6) is -1.07. The SMILES string of the molecule is CC1=NC2=C(C(=O)CCC2)[C@H](c2ccccc2)C1C(=O)OCCc1ccccc1. The minimum atomic E-state index is -0.561. The van der Waals surface area contributed by atoms with E-state index in [1.54, 1.807) is 0 Å². The fourth-order valence-corrected chi connectivity index (χ4v) is 4.34. The van der Waals surface area contributed by atoms with Crippen molar-refractivity contribution in [2.75, 3.05) is 6.61 Å². The van der Waals surface area contributed by atoms with Gasteiger partial charge < -0.3 is 4.74 Å². The molecule has 4 heteroatoms. The molecule has 0 aromatic heterocycles. The molecule has 29 heavy (non-hydrogen) atoms. The molecule has 0 radical (unpaired) electrons. The van der Waals surface area contributed by atoms with E-state index in [1.165, 1.54) is 0 Å². The maximum absolute atomic E-state index is 13.1. The normalized spacial score (nSPS) is 21.4. The molecule has 2 atom stereocenters. The summed E-state index contributed by atoms with van der Waals surface area (Å²) < 4.78 is 5.67. The van der Waals surface area contributed by atoms with Gasteiger partial charge in [-0.15, -0.1) is 0 Å². The van der Waals surface area contributed by atoms with Crippen LogP contribution in [0.2, 0.25) is 0 Å². The van der Waals surface area contributed by atoms with Gasteiger partial charge in [0.05, 0.1) is 6.61 Å². The summed E-state index contributed by atoms with van der Waals surface area (Å²) in [6, 6.07) is 19.8. The van der Waals surface area contributed by atoms with E-state index >= 15 is 0 Å². The number of nitrogens with zero attached hydrogens (tertiary/aromatic N) is 1. The summed E-state index contributed by atoms with van der Waals surface area (Å²) in [6.45, 7) is 2.19. The Balaban J connectivity index is 1.60. The number of allylic oxidation sites excluding steroid dienone is 2. The van der Waals surface area contributed by atoms with Gasteiger partial charge in [0.2, 0.25) is 0 Å². The van der Waals surface area contributed by atoms with Crippen molar-refractivity contribution in [1.29, 1.82) is 0 Å². The number of carbonyl (C=O) groups excluding carboxylic acids is 2. The Morgan fingerprint density at radius 3 is 2.45 bits per heavy atom. The molecule has 1 unspecified atom stereocenters. The third-order valence-corrected chi connectivity index (χ3v) is 5.72. The quantitative estimate of drug-likeness (QED) is 0.702. The predicted molar refractivity (Wildman–Crippen MR) is 113 cm³/mol. The van der Waals surface area contributed by atoms with Crippen molar-refractivity contribution < 1.29 is 14.3 Å². The largest absolute Gasteiger partial charge is 0.465 e. The second-order valence-electron chi connectivity index (χ2n) is 7.66. The summed E-state index contributed by atoms with van der Waals surface area (Å²) in [6.07, 6.45) is 2.80. The Morgan fingerprint density at radius 1 is 1.03 bits per heavy atom. The van der Waals surface area contributed by atoms with Crippen LogP contribution in [-0.2, 0) is 20.7 Å². The molecule has 1 aliphatic heterocycles. The molecular formula is C25H25NO3. The number of Topliss-reactive ketones (excluding diaryl/α,β-unsaturated/α-hetero) is 1. The molecule has 0 spiro atoms. The van der Waals surface area contributed by atoms with Crippen molar-refractivity contribution in [3.05, 3.63) is 83.1 Å². The zero-order chi connectivity index (χ0) is 20.2. The molecule has 0 saturated heterocycles. The first-order valence-electron chi connectivity index (χ1n) is 10.2. The van der Waals surface area contributed by atoms with Crippen LogP contribution < -0.4 is 0 Å². The van der Waals surface area contributed by atoms with Gasteiger partial charge in [-0.2, -0.15) is 0 Å². The summed E-state index contributed by atoms with van der Waals surface area (Å²) >= 11 is 0. The number of ketones is 1. The molecule has 0 fully saturated rings. The van der Waals surface area contributed by atoms with Gasteiger partial charge in [-0.25, -0.2) is 0 Å². The monoisotopic (exact) mass is 387 g/mol. The Kier molecular flexibility index (Phi) is 5.70. The van der Waals surface area contributed by atoms with Gasteiger partial charge >= 0.3 is 5.97 Å². The van der Waals surface area contributed by atoms with Crippen molar-refractivity contribution in [2.24, 2.45) is 10.9 Å². The van der Waals surface area contributed by atoms with Crippen LogP contribution in [0.3, 0.4) is 0 Å². The molecule has 2 aromatic rings. The van der Waals surface area contributed by atoms with Gasteiger partial charge in [-0.1, -0.05) is 60.7 Å². The lowest BCUT2D eigenvalue weighted by Crippen LogP contribution is -2.37. The lowest BCUT2D eigenvalue weighted by Gasteiger charge is -2.34. The van der Waals surface area contributed by atoms with E-state index in [-0.39, 0.29) is 17.7 Å². The number of benzene rings is 2. The van der Waals surface area contributed by atoms with E-state index in [4.69, 9.17) is 4.74 Å². The summed E-state index contributed by atoms with van der Waals surface area (Å²) in [4.78, 5) is 30.6. The van der Waals surface area contributed by atoms with Crippen LogP contribution in [0, 0.1) is 5.92 Å². The van der Waals surface area contributed by atoms with Crippen molar-refractivity contribution in [3.8, 4) is 0 Å². The summed E-state index contributed by atoms with van der Waals surface area (Å²) in [5.41, 5.74) is 4.38. The third-order valence-electron chi connectivity index (χ3n) is 5.72. The lowest BCUT2D eigenvalue weighted by atomic mass is 9.72. The molecule has 1 heterocycles. The van der Waals surface area contributed by atoms with Gasteiger partial charge in [0.25, 0.3) is 0 Å². The number of aliphatic imine (C=N–C) groups is 1. The molecule has 0 N–H and O–H groups in total. The molecule has 1 aliphatic carbocycles. The van der Waals surface area contributed by atoms with Gasteiger partial charge in [0.1, 0.15) is 5.92 Å². The first-order chi connectivity index (χ1) is 14.1. The smallest absolute Gasteiger partial charge is 0.315 e. The number of ether oxygens (including phenoxy) is 1. The Morgan fingerprint density at radius 2 is 1.72 bits per heavy atom. The molecular weight excluding hydrogens is 362 g/mol. The van der Waals surface area contributed by atoms with Crippen LogP contribution in [0.1, 0.15) is 43.2 Å². The maximum atomic E-state index is 13.1. The number of rotatable bonds is 5. The minimum Gasteiger partial charge on any atom is -0.465 e. The Labute approximate surface area is 171 Å². The molecule has 0 amide bonds. The van der Waals surface area contributed by atoms with E-state index in [2.05, 4.69) is 4.99 Å². The number of hydrogen-bond donors (Lipinski definition) is 0. The van der Waals surface area contributed by atoms with Gasteiger partial charge in [-0.05, 0) is 30.9 Å². The van der Waals surface area contributed by atoms with Crippen LogP contribution in [0.5, 0.6) is 0 Å².